The second kappa shape index (κ2) is 10.8. The zero-order valence-electron chi connectivity index (χ0n) is 16.5. The van der Waals surface area contributed by atoms with Gasteiger partial charge >= 0.3 is 0 Å². The Labute approximate surface area is 159 Å². The van der Waals surface area contributed by atoms with Crippen molar-refractivity contribution < 1.29 is 4.79 Å². The fraction of sp³-hybridized carbons (Fsp3) is 0.400. The second-order valence-corrected chi connectivity index (χ2v) is 6.99. The summed E-state index contributed by atoms with van der Waals surface area (Å²) in [7, 11) is 0. The molecule has 0 aliphatic heterocycles. The third-order valence-electron chi connectivity index (χ3n) is 4.87. The molecule has 0 N–H and O–H groups in total. The van der Waals surface area contributed by atoms with Gasteiger partial charge in [0.2, 0.25) is 0 Å². The Morgan fingerprint density at radius 2 is 1.54 bits per heavy atom. The van der Waals surface area contributed by atoms with E-state index in [9.17, 15) is 4.79 Å². The number of allylic oxidation sites excluding steroid dienone is 2. The molecule has 2 aromatic carbocycles. The van der Waals surface area contributed by atoms with Crippen LogP contribution in [0.25, 0.3) is 16.7 Å². The summed E-state index contributed by atoms with van der Waals surface area (Å²) in [5, 5.41) is 0. The van der Waals surface area contributed by atoms with E-state index < -0.39 is 0 Å². The smallest absolute Gasteiger partial charge is 0.136 e. The summed E-state index contributed by atoms with van der Waals surface area (Å²) in [5.74, 6) is 0.587. The molecular formula is C25H32O. The first-order chi connectivity index (χ1) is 12.7. The number of hydrogen-bond donors (Lipinski definition) is 0. The van der Waals surface area contributed by atoms with E-state index in [2.05, 4.69) is 75.4 Å². The van der Waals surface area contributed by atoms with Gasteiger partial charge in [-0.2, -0.15) is 0 Å². The van der Waals surface area contributed by atoms with E-state index in [0.717, 1.165) is 32.1 Å². The molecule has 0 saturated carbocycles. The average Bonchev–Trinajstić information content (AvgIpc) is 2.68. The van der Waals surface area contributed by atoms with Crippen molar-refractivity contribution in [2.75, 3.05) is 0 Å². The van der Waals surface area contributed by atoms with Gasteiger partial charge < -0.3 is 0 Å². The van der Waals surface area contributed by atoms with E-state index in [0.29, 0.717) is 12.2 Å². The Hall–Kier alpha value is -2.15. The summed E-state index contributed by atoms with van der Waals surface area (Å²) in [6.45, 7) is 6.43. The number of Topliss-reactive ketones (excluding diaryl/α,β-unsaturated/α-hetero) is 1. The Morgan fingerprint density at radius 1 is 0.885 bits per heavy atom. The summed E-state index contributed by atoms with van der Waals surface area (Å²) in [4.78, 5) is 12.5. The summed E-state index contributed by atoms with van der Waals surface area (Å²) < 4.78 is 0. The maximum atomic E-state index is 12.5. The fourth-order valence-corrected chi connectivity index (χ4v) is 3.51. The van der Waals surface area contributed by atoms with E-state index in [1.807, 2.05) is 6.07 Å². The predicted octanol–water partition coefficient (Wildman–Crippen LogP) is 7.32. The molecule has 2 rings (SSSR count). The molecule has 1 nitrogen and oxygen atoms in total. The van der Waals surface area contributed by atoms with Crippen molar-refractivity contribution >= 4 is 11.4 Å². The highest BCUT2D eigenvalue weighted by Crippen LogP contribution is 2.29. The lowest BCUT2D eigenvalue weighted by atomic mass is 9.86. The molecule has 0 aromatic heterocycles. The van der Waals surface area contributed by atoms with E-state index in [4.69, 9.17) is 0 Å². The topological polar surface area (TPSA) is 17.1 Å². The van der Waals surface area contributed by atoms with E-state index in [-0.39, 0.29) is 5.92 Å². The van der Waals surface area contributed by atoms with Gasteiger partial charge in [0.15, 0.2) is 0 Å². The zero-order valence-corrected chi connectivity index (χ0v) is 16.5. The van der Waals surface area contributed by atoms with Crippen molar-refractivity contribution in [3.8, 4) is 11.1 Å². The van der Waals surface area contributed by atoms with Crippen LogP contribution in [-0.4, -0.2) is 5.78 Å². The Morgan fingerprint density at radius 3 is 2.12 bits per heavy atom. The van der Waals surface area contributed by atoms with Crippen molar-refractivity contribution in [1.82, 2.24) is 0 Å². The summed E-state index contributed by atoms with van der Waals surface area (Å²) in [6.07, 6.45) is 7.85. The van der Waals surface area contributed by atoms with Crippen LogP contribution in [-0.2, 0) is 4.79 Å². The van der Waals surface area contributed by atoms with Crippen molar-refractivity contribution in [3.05, 3.63) is 66.2 Å². The molecule has 1 heteroatoms. The van der Waals surface area contributed by atoms with Crippen molar-refractivity contribution in [2.45, 2.75) is 59.3 Å². The number of ketones is 1. The van der Waals surface area contributed by atoms with Crippen LogP contribution in [0.2, 0.25) is 0 Å². The normalized spacial score (nSPS) is 12.8. The van der Waals surface area contributed by atoms with Crippen molar-refractivity contribution in [3.63, 3.8) is 0 Å². The molecule has 0 radical (unpaired) electrons. The Kier molecular flexibility index (Phi) is 8.34. The summed E-state index contributed by atoms with van der Waals surface area (Å²) in [5.41, 5.74) is 5.03. The number of hydrogen-bond acceptors (Lipinski definition) is 1. The Bertz CT molecular complexity index is 695. The van der Waals surface area contributed by atoms with Crippen LogP contribution < -0.4 is 0 Å². The first-order valence-corrected chi connectivity index (χ1v) is 10.1. The van der Waals surface area contributed by atoms with Gasteiger partial charge in [-0.25, -0.2) is 0 Å². The van der Waals surface area contributed by atoms with Gasteiger partial charge in [-0.1, -0.05) is 87.9 Å². The minimum absolute atomic E-state index is 0.159. The quantitative estimate of drug-likeness (QED) is 0.439. The first kappa shape index (κ1) is 20.2. The molecule has 0 spiro atoms. The van der Waals surface area contributed by atoms with Crippen LogP contribution in [0.1, 0.15) is 64.9 Å². The number of benzene rings is 2. The first-order valence-electron chi connectivity index (χ1n) is 10.1. The molecule has 0 saturated heterocycles. The number of rotatable bonds is 10. The zero-order chi connectivity index (χ0) is 18.8. The highest BCUT2D eigenvalue weighted by molar-refractivity contribution is 5.83. The molecule has 1 unspecified atom stereocenters. The minimum Gasteiger partial charge on any atom is -0.299 e. The van der Waals surface area contributed by atoms with Crippen LogP contribution in [0.3, 0.4) is 0 Å². The maximum absolute atomic E-state index is 12.5. The van der Waals surface area contributed by atoms with Gasteiger partial charge in [-0.05, 0) is 47.9 Å². The van der Waals surface area contributed by atoms with Gasteiger partial charge in [-0.15, -0.1) is 0 Å². The predicted molar refractivity (Wildman–Crippen MR) is 113 cm³/mol. The Balaban J connectivity index is 2.20. The molecule has 26 heavy (non-hydrogen) atoms. The van der Waals surface area contributed by atoms with Crippen LogP contribution >= 0.6 is 0 Å². The molecule has 0 heterocycles. The van der Waals surface area contributed by atoms with Crippen LogP contribution in [0.4, 0.5) is 0 Å². The molecule has 0 aliphatic carbocycles. The monoisotopic (exact) mass is 348 g/mol. The molecule has 0 fully saturated rings. The largest absolute Gasteiger partial charge is 0.299 e. The number of carbonyl (C=O) groups is 1. The molecule has 0 amide bonds. The molecule has 0 bridgehead atoms. The molecular weight excluding hydrogens is 316 g/mol. The van der Waals surface area contributed by atoms with Crippen molar-refractivity contribution in [1.29, 1.82) is 0 Å². The highest BCUT2D eigenvalue weighted by atomic mass is 16.1. The van der Waals surface area contributed by atoms with Gasteiger partial charge in [-0.3, -0.25) is 4.79 Å². The van der Waals surface area contributed by atoms with Gasteiger partial charge in [0.25, 0.3) is 0 Å². The van der Waals surface area contributed by atoms with Gasteiger partial charge in [0, 0.05) is 12.3 Å². The van der Waals surface area contributed by atoms with Crippen LogP contribution in [0.5, 0.6) is 0 Å². The van der Waals surface area contributed by atoms with Gasteiger partial charge in [0.1, 0.15) is 5.78 Å². The van der Waals surface area contributed by atoms with Crippen LogP contribution in [0, 0.1) is 5.92 Å². The third kappa shape index (κ3) is 5.69. The maximum Gasteiger partial charge on any atom is 0.136 e. The molecule has 1 atom stereocenters. The molecule has 138 valence electrons. The number of carbonyl (C=O) groups excluding carboxylic acids is 1. The molecule has 2 aromatic rings. The van der Waals surface area contributed by atoms with E-state index >= 15 is 0 Å². The van der Waals surface area contributed by atoms with Crippen LogP contribution in [0.15, 0.2) is 60.7 Å². The highest BCUT2D eigenvalue weighted by Gasteiger charge is 2.19. The van der Waals surface area contributed by atoms with E-state index in [1.54, 1.807) is 0 Å². The van der Waals surface area contributed by atoms with Gasteiger partial charge in [0.05, 0.1) is 0 Å². The minimum atomic E-state index is 0.159. The van der Waals surface area contributed by atoms with Crippen molar-refractivity contribution in [2.24, 2.45) is 5.92 Å². The lowest BCUT2D eigenvalue weighted by molar-refractivity contribution is -0.123. The van der Waals surface area contributed by atoms with E-state index in [1.165, 1.54) is 22.3 Å². The fourth-order valence-electron chi connectivity index (χ4n) is 3.51. The average molecular weight is 349 g/mol. The summed E-state index contributed by atoms with van der Waals surface area (Å²) >= 11 is 0. The third-order valence-corrected chi connectivity index (χ3v) is 4.87. The lowest BCUT2D eigenvalue weighted by Crippen LogP contribution is -2.14. The summed E-state index contributed by atoms with van der Waals surface area (Å²) in [6, 6.07) is 19.3. The SMILES string of the molecule is CCC=C(CC(CCC)C(=O)CCC)c1ccc(-c2ccccc2)cc1. The second-order valence-electron chi connectivity index (χ2n) is 6.99. The standard InChI is InChI=1S/C25H32O/c1-4-10-23(19-24(11-5-2)25(26)12-6-3)22-17-15-21(16-18-22)20-13-8-7-9-14-20/h7-10,13-18,24H,4-6,11-12,19H2,1-3H3. The lowest BCUT2D eigenvalue weighted by Gasteiger charge is -2.18. The molecule has 0 aliphatic rings.